The molecule has 1 saturated heterocycles. The summed E-state index contributed by atoms with van der Waals surface area (Å²) in [6.07, 6.45) is 4.60. The number of H-pyrrole nitrogens is 1. The fourth-order valence-electron chi connectivity index (χ4n) is 4.33. The highest BCUT2D eigenvalue weighted by atomic mass is 32.2. The van der Waals surface area contributed by atoms with E-state index in [9.17, 15) is 9.59 Å². The number of carbonyl (C=O) groups is 2. The molecule has 0 radical (unpaired) electrons. The normalized spacial score (nSPS) is 14.6. The van der Waals surface area contributed by atoms with Crippen molar-refractivity contribution in [2.45, 2.75) is 43.9 Å². The number of ketones is 1. The van der Waals surface area contributed by atoms with Crippen LogP contribution in [0.2, 0.25) is 0 Å². The van der Waals surface area contributed by atoms with Crippen molar-refractivity contribution in [1.29, 1.82) is 0 Å². The number of carbonyl (C=O) groups excluding carboxylic acids is 2. The number of aromatic amines is 1. The molecule has 1 aromatic carbocycles. The van der Waals surface area contributed by atoms with Gasteiger partial charge in [0.1, 0.15) is 5.69 Å². The fraction of sp³-hybridized carbons (Fsp3) is 0.440. The van der Waals surface area contributed by atoms with Crippen molar-refractivity contribution in [3.05, 3.63) is 65.2 Å². The van der Waals surface area contributed by atoms with Gasteiger partial charge in [0.15, 0.2) is 16.8 Å². The molecular weight excluding hydrogens is 448 g/mol. The highest BCUT2D eigenvalue weighted by molar-refractivity contribution is 7.99. The van der Waals surface area contributed by atoms with Crippen LogP contribution in [0.4, 0.5) is 0 Å². The third-order valence-corrected chi connectivity index (χ3v) is 7.16. The van der Waals surface area contributed by atoms with E-state index in [0.29, 0.717) is 17.8 Å². The minimum absolute atomic E-state index is 0.0364. The van der Waals surface area contributed by atoms with Crippen LogP contribution < -0.4 is 0 Å². The van der Waals surface area contributed by atoms with E-state index in [4.69, 9.17) is 0 Å². The summed E-state index contributed by atoms with van der Waals surface area (Å²) in [4.78, 5) is 32.5. The molecule has 4 rings (SSSR count). The van der Waals surface area contributed by atoms with Gasteiger partial charge in [0.2, 0.25) is 0 Å². The topological polar surface area (TPSA) is 87.1 Å². The van der Waals surface area contributed by atoms with Crippen LogP contribution in [0.3, 0.4) is 0 Å². The molecule has 9 heteroatoms. The van der Waals surface area contributed by atoms with Gasteiger partial charge in [-0.1, -0.05) is 49.0 Å². The maximum absolute atomic E-state index is 12.9. The average molecular weight is 481 g/mol. The fourth-order valence-corrected chi connectivity index (χ4v) is 5.17. The van der Waals surface area contributed by atoms with Crippen LogP contribution in [0.5, 0.6) is 0 Å². The van der Waals surface area contributed by atoms with Crippen LogP contribution >= 0.6 is 11.8 Å². The van der Waals surface area contributed by atoms with Crippen molar-refractivity contribution < 1.29 is 9.59 Å². The molecule has 3 heterocycles. The molecule has 2 aromatic heterocycles. The quantitative estimate of drug-likeness (QED) is 0.350. The Morgan fingerprint density at radius 2 is 1.88 bits per heavy atom. The van der Waals surface area contributed by atoms with E-state index in [1.807, 2.05) is 37.2 Å². The Labute approximate surface area is 204 Å². The molecule has 34 heavy (non-hydrogen) atoms. The third-order valence-electron chi connectivity index (χ3n) is 6.20. The number of likely N-dealkylation sites (tertiary alicyclic amines) is 1. The predicted octanol–water partition coefficient (Wildman–Crippen LogP) is 3.88. The Kier molecular flexibility index (Phi) is 7.84. The molecular formula is C25H32N6O2S. The second-order valence-corrected chi connectivity index (χ2v) is 9.76. The van der Waals surface area contributed by atoms with E-state index in [2.05, 4.69) is 43.7 Å². The van der Waals surface area contributed by atoms with Gasteiger partial charge in [0.25, 0.3) is 5.91 Å². The number of nitrogens with zero attached hydrogens (tertiary/aromatic N) is 5. The van der Waals surface area contributed by atoms with E-state index in [1.165, 1.54) is 11.8 Å². The monoisotopic (exact) mass is 480 g/mol. The summed E-state index contributed by atoms with van der Waals surface area (Å²) in [5.41, 5.74) is 2.15. The largest absolute Gasteiger partial charge is 0.356 e. The molecule has 1 amide bonds. The van der Waals surface area contributed by atoms with Gasteiger partial charge in [0, 0.05) is 24.8 Å². The smallest absolute Gasteiger partial charge is 0.270 e. The van der Waals surface area contributed by atoms with Crippen molar-refractivity contribution >= 4 is 23.5 Å². The summed E-state index contributed by atoms with van der Waals surface area (Å²) in [5.74, 6) is 1.04. The van der Waals surface area contributed by atoms with Gasteiger partial charge in [0.05, 0.1) is 18.3 Å². The Morgan fingerprint density at radius 1 is 1.15 bits per heavy atom. The number of rotatable bonds is 10. The van der Waals surface area contributed by atoms with E-state index < -0.39 is 0 Å². The van der Waals surface area contributed by atoms with Crippen molar-refractivity contribution in [2.24, 2.45) is 0 Å². The second-order valence-electron chi connectivity index (χ2n) is 8.81. The zero-order valence-electron chi connectivity index (χ0n) is 20.0. The first-order valence-corrected chi connectivity index (χ1v) is 12.7. The van der Waals surface area contributed by atoms with Crippen molar-refractivity contribution in [3.8, 4) is 0 Å². The van der Waals surface area contributed by atoms with E-state index >= 15 is 0 Å². The predicted molar refractivity (Wildman–Crippen MR) is 133 cm³/mol. The van der Waals surface area contributed by atoms with Crippen LogP contribution in [0, 0.1) is 0 Å². The van der Waals surface area contributed by atoms with Crippen molar-refractivity contribution in [3.63, 3.8) is 0 Å². The van der Waals surface area contributed by atoms with Gasteiger partial charge in [-0.3, -0.25) is 14.5 Å². The van der Waals surface area contributed by atoms with Crippen LogP contribution in [-0.2, 0) is 6.54 Å². The van der Waals surface area contributed by atoms with Crippen molar-refractivity contribution in [1.82, 2.24) is 29.5 Å². The molecule has 1 N–H and O–H groups in total. The number of thioether (sulfide) groups is 1. The Morgan fingerprint density at radius 3 is 2.56 bits per heavy atom. The molecule has 0 bridgehead atoms. The molecule has 0 unspecified atom stereocenters. The minimum Gasteiger partial charge on any atom is -0.356 e. The summed E-state index contributed by atoms with van der Waals surface area (Å²) in [6, 6.07) is 12.0. The van der Waals surface area contributed by atoms with E-state index in [1.54, 1.807) is 12.3 Å². The van der Waals surface area contributed by atoms with Crippen LogP contribution in [-0.4, -0.2) is 74.2 Å². The lowest BCUT2D eigenvalue weighted by atomic mass is 10.2. The van der Waals surface area contributed by atoms with Gasteiger partial charge in [-0.25, -0.2) is 0 Å². The molecule has 0 spiro atoms. The maximum Gasteiger partial charge on any atom is 0.270 e. The Bertz CT molecular complexity index is 1120. The number of hydrogen-bond acceptors (Lipinski definition) is 6. The molecule has 1 atom stereocenters. The summed E-state index contributed by atoms with van der Waals surface area (Å²) in [5, 5.41) is 9.67. The van der Waals surface area contributed by atoms with Gasteiger partial charge in [-0.2, -0.15) is 0 Å². The lowest BCUT2D eigenvalue weighted by Crippen LogP contribution is -2.27. The van der Waals surface area contributed by atoms with Crippen molar-refractivity contribution in [2.75, 3.05) is 32.9 Å². The molecule has 180 valence electrons. The minimum atomic E-state index is -0.0443. The van der Waals surface area contributed by atoms with Gasteiger partial charge in [-0.05, 0) is 45.0 Å². The maximum atomic E-state index is 12.9. The summed E-state index contributed by atoms with van der Waals surface area (Å²) in [7, 11) is 4.08. The first-order valence-electron chi connectivity index (χ1n) is 11.7. The van der Waals surface area contributed by atoms with Gasteiger partial charge < -0.3 is 14.5 Å². The highest BCUT2D eigenvalue weighted by Gasteiger charge is 2.24. The SMILES string of the molecule is CC[C@@H](c1nnc(SCC(=O)c2c[nH]c(C(=O)N3CCCC3)c2)n1Cc1ccccc1)N(C)C. The summed E-state index contributed by atoms with van der Waals surface area (Å²) >= 11 is 1.38. The molecule has 1 aliphatic rings. The number of benzene rings is 1. The summed E-state index contributed by atoms with van der Waals surface area (Å²) in [6.45, 7) is 4.34. The molecule has 8 nitrogen and oxygen atoms in total. The summed E-state index contributed by atoms with van der Waals surface area (Å²) < 4.78 is 2.11. The van der Waals surface area contributed by atoms with Gasteiger partial charge >= 0.3 is 0 Å². The Balaban J connectivity index is 1.49. The van der Waals surface area contributed by atoms with Crippen LogP contribution in [0.15, 0.2) is 47.8 Å². The van der Waals surface area contributed by atoms with Gasteiger partial charge in [-0.15, -0.1) is 10.2 Å². The first-order chi connectivity index (χ1) is 16.5. The van der Waals surface area contributed by atoms with Crippen LogP contribution in [0.1, 0.15) is 64.5 Å². The third kappa shape index (κ3) is 5.42. The number of amides is 1. The lowest BCUT2D eigenvalue weighted by Gasteiger charge is -2.23. The zero-order chi connectivity index (χ0) is 24.1. The molecule has 1 aliphatic heterocycles. The first kappa shape index (κ1) is 24.2. The number of aromatic nitrogens is 4. The molecule has 3 aromatic rings. The zero-order valence-corrected chi connectivity index (χ0v) is 20.8. The second kappa shape index (κ2) is 11.0. The van der Waals surface area contributed by atoms with E-state index in [-0.39, 0.29) is 23.5 Å². The van der Waals surface area contributed by atoms with E-state index in [0.717, 1.165) is 48.9 Å². The molecule has 1 fully saturated rings. The Hall–Kier alpha value is -2.91. The average Bonchev–Trinajstić information content (AvgIpc) is 3.60. The van der Waals surface area contributed by atoms with Crippen LogP contribution in [0.25, 0.3) is 0 Å². The molecule has 0 aliphatic carbocycles. The highest BCUT2D eigenvalue weighted by Crippen LogP contribution is 2.27. The number of Topliss-reactive ketones (excluding diaryl/α,β-unsaturated/α-hetero) is 1. The lowest BCUT2D eigenvalue weighted by molar-refractivity contribution is 0.0787. The standard InChI is InChI=1S/C25H32N6O2S/c1-4-21(29(2)3)23-27-28-25(31(23)16-18-10-6-5-7-11-18)34-17-22(32)19-14-20(26-15-19)24(33)30-12-8-9-13-30/h5-7,10-11,14-15,21,26H,4,8-9,12-13,16-17H2,1-3H3/t21-/m0/s1. The number of nitrogens with one attached hydrogen (secondary N) is 1. The molecule has 0 saturated carbocycles. The number of hydrogen-bond donors (Lipinski definition) is 1.